The van der Waals surface area contributed by atoms with E-state index in [1.54, 1.807) is 0 Å². The SMILES string of the molecule is COc1c(NN)ncnc1OCCN(C)C. The molecule has 1 heterocycles. The van der Waals surface area contributed by atoms with Crippen LogP contribution in [0.2, 0.25) is 0 Å². The van der Waals surface area contributed by atoms with Crippen molar-refractivity contribution in [2.75, 3.05) is 39.8 Å². The standard InChI is InChI=1S/C9H17N5O2/c1-14(2)4-5-16-9-7(15-3)8(13-10)11-6-12-9/h6H,4-5,10H2,1-3H3,(H,11,12,13). The smallest absolute Gasteiger partial charge is 0.262 e. The summed E-state index contributed by atoms with van der Waals surface area (Å²) in [7, 11) is 5.44. The van der Waals surface area contributed by atoms with Gasteiger partial charge >= 0.3 is 0 Å². The molecule has 3 N–H and O–H groups in total. The summed E-state index contributed by atoms with van der Waals surface area (Å²) in [5.41, 5.74) is 2.42. The van der Waals surface area contributed by atoms with Gasteiger partial charge in [-0.05, 0) is 14.1 Å². The Bertz CT molecular complexity index is 332. The van der Waals surface area contributed by atoms with Crippen LogP contribution in [0.25, 0.3) is 0 Å². The molecule has 1 aromatic rings. The third-order valence-corrected chi connectivity index (χ3v) is 1.89. The largest absolute Gasteiger partial charge is 0.489 e. The van der Waals surface area contributed by atoms with Crippen molar-refractivity contribution in [3.8, 4) is 11.6 Å². The molecule has 0 aliphatic heterocycles. The average Bonchev–Trinajstić information content (AvgIpc) is 2.28. The highest BCUT2D eigenvalue weighted by atomic mass is 16.5. The maximum atomic E-state index is 5.47. The van der Waals surface area contributed by atoms with Gasteiger partial charge in [0.25, 0.3) is 5.88 Å². The molecule has 0 saturated carbocycles. The van der Waals surface area contributed by atoms with Crippen LogP contribution in [0.5, 0.6) is 11.6 Å². The van der Waals surface area contributed by atoms with Crippen molar-refractivity contribution in [2.45, 2.75) is 0 Å². The Balaban J connectivity index is 2.71. The number of ether oxygens (including phenoxy) is 2. The first-order chi connectivity index (χ1) is 7.69. The number of aromatic nitrogens is 2. The summed E-state index contributed by atoms with van der Waals surface area (Å²) >= 11 is 0. The third kappa shape index (κ3) is 3.21. The third-order valence-electron chi connectivity index (χ3n) is 1.89. The van der Waals surface area contributed by atoms with Crippen molar-refractivity contribution in [1.29, 1.82) is 0 Å². The molecule has 0 aromatic carbocycles. The molecular weight excluding hydrogens is 210 g/mol. The van der Waals surface area contributed by atoms with E-state index in [1.165, 1.54) is 13.4 Å². The van der Waals surface area contributed by atoms with Gasteiger partial charge in [-0.1, -0.05) is 0 Å². The van der Waals surface area contributed by atoms with Crippen LogP contribution in [0.15, 0.2) is 6.33 Å². The Kier molecular flexibility index (Phi) is 4.74. The van der Waals surface area contributed by atoms with E-state index < -0.39 is 0 Å². The number of nitrogens with two attached hydrogens (primary N) is 1. The van der Waals surface area contributed by atoms with Crippen molar-refractivity contribution in [3.63, 3.8) is 0 Å². The highest BCUT2D eigenvalue weighted by Crippen LogP contribution is 2.29. The predicted octanol–water partition coefficient (Wildman–Crippen LogP) is -0.289. The number of anilines is 1. The number of hydrogen-bond acceptors (Lipinski definition) is 7. The van der Waals surface area contributed by atoms with Gasteiger partial charge < -0.3 is 19.8 Å². The van der Waals surface area contributed by atoms with E-state index in [0.717, 1.165) is 6.54 Å². The van der Waals surface area contributed by atoms with Crippen LogP contribution in [-0.4, -0.2) is 49.2 Å². The van der Waals surface area contributed by atoms with Crippen molar-refractivity contribution >= 4 is 5.82 Å². The Morgan fingerprint density at radius 1 is 1.44 bits per heavy atom. The molecule has 7 heteroatoms. The lowest BCUT2D eigenvalue weighted by Gasteiger charge is -2.13. The predicted molar refractivity (Wildman–Crippen MR) is 60.4 cm³/mol. The van der Waals surface area contributed by atoms with Crippen molar-refractivity contribution in [2.24, 2.45) is 5.84 Å². The maximum Gasteiger partial charge on any atom is 0.262 e. The van der Waals surface area contributed by atoms with Crippen LogP contribution in [0, 0.1) is 0 Å². The zero-order chi connectivity index (χ0) is 12.0. The van der Waals surface area contributed by atoms with Crippen LogP contribution >= 0.6 is 0 Å². The molecule has 0 saturated heterocycles. The fraction of sp³-hybridized carbons (Fsp3) is 0.556. The number of hydrogen-bond donors (Lipinski definition) is 2. The summed E-state index contributed by atoms with van der Waals surface area (Å²) in [5.74, 6) is 6.48. The van der Waals surface area contributed by atoms with Gasteiger partial charge in [0.05, 0.1) is 7.11 Å². The molecular formula is C9H17N5O2. The van der Waals surface area contributed by atoms with E-state index in [9.17, 15) is 0 Å². The van der Waals surface area contributed by atoms with Crippen molar-refractivity contribution in [3.05, 3.63) is 6.33 Å². The lowest BCUT2D eigenvalue weighted by atomic mass is 10.5. The lowest BCUT2D eigenvalue weighted by Crippen LogP contribution is -2.20. The second-order valence-electron chi connectivity index (χ2n) is 3.36. The quantitative estimate of drug-likeness (QED) is 0.510. The first-order valence-corrected chi connectivity index (χ1v) is 4.82. The van der Waals surface area contributed by atoms with E-state index in [-0.39, 0.29) is 0 Å². The number of rotatable bonds is 6. The summed E-state index contributed by atoms with van der Waals surface area (Å²) in [5, 5.41) is 0. The van der Waals surface area contributed by atoms with E-state index in [4.69, 9.17) is 15.3 Å². The monoisotopic (exact) mass is 227 g/mol. The molecule has 1 aromatic heterocycles. The normalized spacial score (nSPS) is 10.3. The molecule has 7 nitrogen and oxygen atoms in total. The fourth-order valence-electron chi connectivity index (χ4n) is 1.07. The molecule has 0 aliphatic carbocycles. The van der Waals surface area contributed by atoms with Gasteiger partial charge in [-0.2, -0.15) is 4.98 Å². The maximum absolute atomic E-state index is 5.47. The van der Waals surface area contributed by atoms with Gasteiger partial charge in [0.15, 0.2) is 5.82 Å². The van der Waals surface area contributed by atoms with Gasteiger partial charge in [0, 0.05) is 6.54 Å². The molecule has 1 rings (SSSR count). The minimum atomic E-state index is 0.382. The number of hydrazine groups is 1. The second kappa shape index (κ2) is 6.09. The summed E-state index contributed by atoms with van der Waals surface area (Å²) in [4.78, 5) is 9.90. The van der Waals surface area contributed by atoms with Gasteiger partial charge in [-0.15, -0.1) is 0 Å². The number of likely N-dealkylation sites (N-methyl/N-ethyl adjacent to an activating group) is 1. The molecule has 90 valence electrons. The van der Waals surface area contributed by atoms with Crippen LogP contribution in [-0.2, 0) is 0 Å². The van der Waals surface area contributed by atoms with Crippen LogP contribution in [0.3, 0.4) is 0 Å². The lowest BCUT2D eigenvalue weighted by molar-refractivity contribution is 0.242. The molecule has 0 spiro atoms. The number of nitrogens with one attached hydrogen (secondary N) is 1. The van der Waals surface area contributed by atoms with Gasteiger partial charge in [-0.25, -0.2) is 10.8 Å². The van der Waals surface area contributed by atoms with E-state index >= 15 is 0 Å². The fourth-order valence-corrected chi connectivity index (χ4v) is 1.07. The minimum absolute atomic E-state index is 0.382. The van der Waals surface area contributed by atoms with E-state index in [0.29, 0.717) is 24.1 Å². The van der Waals surface area contributed by atoms with E-state index in [2.05, 4.69) is 15.4 Å². The summed E-state index contributed by atoms with van der Waals surface area (Å²) < 4.78 is 10.6. The van der Waals surface area contributed by atoms with Crippen LogP contribution in [0.1, 0.15) is 0 Å². The zero-order valence-corrected chi connectivity index (χ0v) is 9.73. The number of nitrogens with zero attached hydrogens (tertiary/aromatic N) is 3. The highest BCUT2D eigenvalue weighted by molar-refractivity contribution is 5.54. The van der Waals surface area contributed by atoms with Crippen molar-refractivity contribution < 1.29 is 9.47 Å². The highest BCUT2D eigenvalue weighted by Gasteiger charge is 2.12. The van der Waals surface area contributed by atoms with Crippen LogP contribution in [0.4, 0.5) is 5.82 Å². The van der Waals surface area contributed by atoms with Crippen molar-refractivity contribution in [1.82, 2.24) is 14.9 Å². The first-order valence-electron chi connectivity index (χ1n) is 4.82. The second-order valence-corrected chi connectivity index (χ2v) is 3.36. The van der Waals surface area contributed by atoms with Gasteiger partial charge in [-0.3, -0.25) is 0 Å². The molecule has 0 aliphatic rings. The summed E-state index contributed by atoms with van der Waals surface area (Å²) in [6.45, 7) is 1.31. The van der Waals surface area contributed by atoms with Gasteiger partial charge in [0.1, 0.15) is 12.9 Å². The minimum Gasteiger partial charge on any atom is -0.489 e. The molecule has 0 amide bonds. The number of methoxy groups -OCH3 is 1. The molecule has 0 bridgehead atoms. The molecule has 0 unspecified atom stereocenters. The zero-order valence-electron chi connectivity index (χ0n) is 9.73. The average molecular weight is 227 g/mol. The topological polar surface area (TPSA) is 85.5 Å². The molecule has 0 radical (unpaired) electrons. The van der Waals surface area contributed by atoms with E-state index in [1.807, 2.05) is 19.0 Å². The Morgan fingerprint density at radius 2 is 2.19 bits per heavy atom. The molecule has 0 fully saturated rings. The molecule has 0 atom stereocenters. The Labute approximate surface area is 94.5 Å². The summed E-state index contributed by atoms with van der Waals surface area (Å²) in [6, 6.07) is 0. The van der Waals surface area contributed by atoms with Gasteiger partial charge in [0.2, 0.25) is 5.75 Å². The number of nitrogen functional groups attached to an aromatic ring is 1. The van der Waals surface area contributed by atoms with Crippen LogP contribution < -0.4 is 20.7 Å². The Morgan fingerprint density at radius 3 is 2.75 bits per heavy atom. The summed E-state index contributed by atoms with van der Waals surface area (Å²) in [6.07, 6.45) is 1.36. The molecule has 16 heavy (non-hydrogen) atoms. The first kappa shape index (κ1) is 12.5. The Hall–Kier alpha value is -1.60.